The molecule has 130 valence electrons. The third kappa shape index (κ3) is 4.49. The van der Waals surface area contributed by atoms with Crippen molar-refractivity contribution in [2.24, 2.45) is 10.4 Å². The summed E-state index contributed by atoms with van der Waals surface area (Å²) in [5.41, 5.74) is 0.410. The van der Waals surface area contributed by atoms with Crippen LogP contribution in [0.4, 0.5) is 0 Å². The van der Waals surface area contributed by atoms with Crippen molar-refractivity contribution < 1.29 is 4.74 Å². The van der Waals surface area contributed by atoms with Crippen molar-refractivity contribution in [1.82, 2.24) is 15.2 Å². The maximum absolute atomic E-state index is 5.64. The Kier molecular flexibility index (Phi) is 7.10. The van der Waals surface area contributed by atoms with E-state index in [1.165, 1.54) is 0 Å². The van der Waals surface area contributed by atoms with Gasteiger partial charge in [0.05, 0.1) is 12.7 Å². The number of hydrogen-bond acceptors (Lipinski definition) is 3. The SMILES string of the molecule is CCNC(=NCCOc1cccnc1)N1CC(C)(C)C1(C)C.I. The monoisotopic (exact) mass is 432 g/mol. The van der Waals surface area contributed by atoms with Crippen LogP contribution in [0, 0.1) is 5.41 Å². The Morgan fingerprint density at radius 3 is 2.65 bits per heavy atom. The van der Waals surface area contributed by atoms with Crippen LogP contribution in [0.3, 0.4) is 0 Å². The first kappa shape index (κ1) is 20.0. The van der Waals surface area contributed by atoms with E-state index < -0.39 is 0 Å². The zero-order valence-electron chi connectivity index (χ0n) is 14.8. The second-order valence-electron chi connectivity index (χ2n) is 6.80. The van der Waals surface area contributed by atoms with Gasteiger partial charge in [0.2, 0.25) is 0 Å². The summed E-state index contributed by atoms with van der Waals surface area (Å²) in [7, 11) is 0. The van der Waals surface area contributed by atoms with Crippen molar-refractivity contribution in [1.29, 1.82) is 0 Å². The Labute approximate surface area is 156 Å². The molecule has 1 aliphatic rings. The molecule has 1 aromatic heterocycles. The molecule has 0 atom stereocenters. The topological polar surface area (TPSA) is 49.8 Å². The molecule has 5 nitrogen and oxygen atoms in total. The van der Waals surface area contributed by atoms with E-state index in [0.29, 0.717) is 18.6 Å². The molecule has 0 saturated carbocycles. The second-order valence-corrected chi connectivity index (χ2v) is 6.80. The van der Waals surface area contributed by atoms with E-state index >= 15 is 0 Å². The summed E-state index contributed by atoms with van der Waals surface area (Å²) >= 11 is 0. The van der Waals surface area contributed by atoms with Crippen molar-refractivity contribution in [3.63, 3.8) is 0 Å². The number of nitrogens with zero attached hydrogens (tertiary/aromatic N) is 3. The van der Waals surface area contributed by atoms with Crippen molar-refractivity contribution in [3.05, 3.63) is 24.5 Å². The molecule has 1 N–H and O–H groups in total. The first-order valence-corrected chi connectivity index (χ1v) is 7.97. The number of likely N-dealkylation sites (tertiary alicyclic amines) is 1. The standard InChI is InChI=1S/C17H28N4O.HI/c1-6-19-15(21-13-16(2,3)17(21,4)5)20-10-11-22-14-8-7-9-18-12-14;/h7-9,12H,6,10-11,13H2,1-5H3,(H,19,20);1H. The van der Waals surface area contributed by atoms with E-state index in [2.05, 4.69) is 49.8 Å². The van der Waals surface area contributed by atoms with Crippen LogP contribution in [0.15, 0.2) is 29.5 Å². The minimum absolute atomic E-state index is 0. The van der Waals surface area contributed by atoms with Crippen LogP contribution < -0.4 is 10.1 Å². The number of guanidine groups is 1. The van der Waals surface area contributed by atoms with Gasteiger partial charge in [0.25, 0.3) is 0 Å². The maximum Gasteiger partial charge on any atom is 0.194 e. The molecule has 6 heteroatoms. The van der Waals surface area contributed by atoms with E-state index in [4.69, 9.17) is 9.73 Å². The minimum atomic E-state index is 0. The van der Waals surface area contributed by atoms with Gasteiger partial charge in [0.15, 0.2) is 5.96 Å². The highest BCUT2D eigenvalue weighted by Crippen LogP contribution is 2.46. The Hall–Kier alpha value is -1.05. The highest BCUT2D eigenvalue weighted by atomic mass is 127. The summed E-state index contributed by atoms with van der Waals surface area (Å²) < 4.78 is 5.64. The number of rotatable bonds is 5. The van der Waals surface area contributed by atoms with Gasteiger partial charge < -0.3 is 15.0 Å². The molecule has 0 bridgehead atoms. The van der Waals surface area contributed by atoms with Gasteiger partial charge in [-0.2, -0.15) is 0 Å². The zero-order chi connectivity index (χ0) is 16.2. The normalized spacial score (nSPS) is 18.7. The molecule has 1 aromatic rings. The molecular formula is C17H29IN4O. The lowest BCUT2D eigenvalue weighted by Crippen LogP contribution is -2.72. The number of aromatic nitrogens is 1. The Bertz CT molecular complexity index is 517. The number of halogens is 1. The van der Waals surface area contributed by atoms with E-state index in [1.54, 1.807) is 12.4 Å². The fourth-order valence-corrected chi connectivity index (χ4v) is 2.54. The van der Waals surface area contributed by atoms with Gasteiger partial charge >= 0.3 is 0 Å². The lowest BCUT2D eigenvalue weighted by molar-refractivity contribution is -0.0667. The van der Waals surface area contributed by atoms with Crippen molar-refractivity contribution >= 4 is 29.9 Å². The van der Waals surface area contributed by atoms with Gasteiger partial charge in [-0.05, 0) is 32.9 Å². The summed E-state index contributed by atoms with van der Waals surface area (Å²) in [5.74, 6) is 1.76. The van der Waals surface area contributed by atoms with E-state index in [-0.39, 0.29) is 29.5 Å². The molecule has 0 unspecified atom stereocenters. The van der Waals surface area contributed by atoms with Crippen LogP contribution in [-0.2, 0) is 0 Å². The van der Waals surface area contributed by atoms with Crippen molar-refractivity contribution in [3.8, 4) is 5.75 Å². The Balaban J connectivity index is 0.00000264. The molecule has 0 spiro atoms. The molecule has 1 fully saturated rings. The smallest absolute Gasteiger partial charge is 0.194 e. The number of hydrogen-bond donors (Lipinski definition) is 1. The van der Waals surface area contributed by atoms with Gasteiger partial charge in [-0.3, -0.25) is 4.98 Å². The summed E-state index contributed by atoms with van der Waals surface area (Å²) in [6.45, 7) is 14.3. The third-order valence-electron chi connectivity index (χ3n) is 4.73. The van der Waals surface area contributed by atoms with Gasteiger partial charge in [-0.25, -0.2) is 4.99 Å². The quantitative estimate of drug-likeness (QED) is 0.336. The second kappa shape index (κ2) is 8.17. The van der Waals surface area contributed by atoms with Crippen LogP contribution >= 0.6 is 24.0 Å². The van der Waals surface area contributed by atoms with Crippen LogP contribution in [-0.4, -0.2) is 47.6 Å². The average molecular weight is 432 g/mol. The fourth-order valence-electron chi connectivity index (χ4n) is 2.54. The molecule has 2 heterocycles. The molecular weight excluding hydrogens is 403 g/mol. The van der Waals surface area contributed by atoms with Crippen LogP contribution in [0.2, 0.25) is 0 Å². The molecule has 0 aliphatic carbocycles. The predicted octanol–water partition coefficient (Wildman–Crippen LogP) is 3.16. The summed E-state index contributed by atoms with van der Waals surface area (Å²) in [6, 6.07) is 3.77. The molecule has 0 radical (unpaired) electrons. The van der Waals surface area contributed by atoms with Gasteiger partial charge in [-0.15, -0.1) is 24.0 Å². The van der Waals surface area contributed by atoms with Crippen molar-refractivity contribution in [2.45, 2.75) is 40.2 Å². The van der Waals surface area contributed by atoms with E-state index in [1.807, 2.05) is 12.1 Å². The number of aliphatic imine (C=N–C) groups is 1. The largest absolute Gasteiger partial charge is 0.490 e. The van der Waals surface area contributed by atoms with E-state index in [0.717, 1.165) is 24.8 Å². The minimum Gasteiger partial charge on any atom is -0.490 e. The first-order chi connectivity index (χ1) is 10.4. The Morgan fingerprint density at radius 1 is 1.39 bits per heavy atom. The molecule has 0 aromatic carbocycles. The highest BCUT2D eigenvalue weighted by molar-refractivity contribution is 14.0. The summed E-state index contributed by atoms with van der Waals surface area (Å²) in [5, 5.41) is 3.38. The lowest BCUT2D eigenvalue weighted by Gasteiger charge is -2.62. The van der Waals surface area contributed by atoms with Crippen LogP contribution in [0.25, 0.3) is 0 Å². The first-order valence-electron chi connectivity index (χ1n) is 7.97. The van der Waals surface area contributed by atoms with Gasteiger partial charge in [0, 0.05) is 30.2 Å². The highest BCUT2D eigenvalue weighted by Gasteiger charge is 2.53. The molecule has 1 saturated heterocycles. The van der Waals surface area contributed by atoms with E-state index in [9.17, 15) is 0 Å². The van der Waals surface area contributed by atoms with Crippen molar-refractivity contribution in [2.75, 3.05) is 26.2 Å². The zero-order valence-corrected chi connectivity index (χ0v) is 17.1. The fraction of sp³-hybridized carbons (Fsp3) is 0.647. The number of nitrogens with one attached hydrogen (secondary N) is 1. The lowest BCUT2D eigenvalue weighted by atomic mass is 9.65. The maximum atomic E-state index is 5.64. The molecule has 0 amide bonds. The summed E-state index contributed by atoms with van der Waals surface area (Å²) in [6.07, 6.45) is 3.46. The predicted molar refractivity (Wildman–Crippen MR) is 106 cm³/mol. The van der Waals surface area contributed by atoms with Gasteiger partial charge in [-0.1, -0.05) is 13.8 Å². The average Bonchev–Trinajstić information content (AvgIpc) is 2.49. The third-order valence-corrected chi connectivity index (χ3v) is 4.73. The van der Waals surface area contributed by atoms with Gasteiger partial charge in [0.1, 0.15) is 12.4 Å². The van der Waals surface area contributed by atoms with Crippen LogP contribution in [0.1, 0.15) is 34.6 Å². The number of ether oxygens (including phenoxy) is 1. The molecule has 1 aliphatic heterocycles. The summed E-state index contributed by atoms with van der Waals surface area (Å²) in [4.78, 5) is 11.1. The van der Waals surface area contributed by atoms with Crippen LogP contribution in [0.5, 0.6) is 5.75 Å². The molecule has 2 rings (SSSR count). The Morgan fingerprint density at radius 2 is 2.13 bits per heavy atom. The molecule has 23 heavy (non-hydrogen) atoms. The number of pyridine rings is 1.